The summed E-state index contributed by atoms with van der Waals surface area (Å²) >= 11 is 0. The highest BCUT2D eigenvalue weighted by molar-refractivity contribution is 5.85. The zero-order chi connectivity index (χ0) is 20.4. The van der Waals surface area contributed by atoms with Gasteiger partial charge < -0.3 is 19.7 Å². The zero-order valence-electron chi connectivity index (χ0n) is 16.1. The summed E-state index contributed by atoms with van der Waals surface area (Å²) < 4.78 is 23.9. The van der Waals surface area contributed by atoms with Crippen molar-refractivity contribution in [3.05, 3.63) is 59.9 Å². The van der Waals surface area contributed by atoms with E-state index in [9.17, 15) is 14.0 Å². The monoisotopic (exact) mass is 388 g/mol. The van der Waals surface area contributed by atoms with Gasteiger partial charge in [0.1, 0.15) is 5.82 Å². The van der Waals surface area contributed by atoms with E-state index >= 15 is 0 Å². The maximum absolute atomic E-state index is 12.9. The van der Waals surface area contributed by atoms with E-state index < -0.39 is 0 Å². The van der Waals surface area contributed by atoms with Gasteiger partial charge in [0.2, 0.25) is 5.91 Å². The molecule has 6 nitrogen and oxygen atoms in total. The maximum atomic E-state index is 12.9. The Labute approximate surface area is 164 Å². The number of ether oxygens (including phenoxy) is 2. The van der Waals surface area contributed by atoms with Crippen molar-refractivity contribution in [1.82, 2.24) is 10.2 Å². The van der Waals surface area contributed by atoms with Gasteiger partial charge in [-0.15, -0.1) is 0 Å². The first-order valence-corrected chi connectivity index (χ1v) is 9.17. The smallest absolute Gasteiger partial charge is 0.260 e. The molecule has 0 bridgehead atoms. The SMILES string of the molecule is CCOc1ccccc1OCC(=O)N(CC)CC(=O)NCc1ccc(F)cc1. The largest absolute Gasteiger partial charge is 0.490 e. The van der Waals surface area contributed by atoms with Crippen LogP contribution in [0.25, 0.3) is 0 Å². The van der Waals surface area contributed by atoms with E-state index in [1.54, 1.807) is 37.3 Å². The first-order chi connectivity index (χ1) is 13.5. The number of likely N-dealkylation sites (N-methyl/N-ethyl adjacent to an activating group) is 1. The molecule has 0 aliphatic rings. The van der Waals surface area contributed by atoms with Crippen LogP contribution in [-0.4, -0.2) is 43.0 Å². The second kappa shape index (κ2) is 10.9. The van der Waals surface area contributed by atoms with Crippen molar-refractivity contribution < 1.29 is 23.5 Å². The van der Waals surface area contributed by atoms with E-state index in [0.29, 0.717) is 24.7 Å². The molecule has 0 unspecified atom stereocenters. The molecule has 0 aliphatic heterocycles. The van der Waals surface area contributed by atoms with Crippen LogP contribution in [0, 0.1) is 5.82 Å². The fourth-order valence-corrected chi connectivity index (χ4v) is 2.48. The van der Waals surface area contributed by atoms with Crippen LogP contribution >= 0.6 is 0 Å². The second-order valence-corrected chi connectivity index (χ2v) is 5.98. The summed E-state index contributed by atoms with van der Waals surface area (Å²) in [5, 5.41) is 2.72. The highest BCUT2D eigenvalue weighted by Gasteiger charge is 2.17. The Bertz CT molecular complexity index is 780. The summed E-state index contributed by atoms with van der Waals surface area (Å²) in [5.74, 6) is 0.121. The Balaban J connectivity index is 1.83. The quantitative estimate of drug-likeness (QED) is 0.680. The first-order valence-electron chi connectivity index (χ1n) is 9.17. The van der Waals surface area contributed by atoms with Gasteiger partial charge in [-0.3, -0.25) is 9.59 Å². The number of halogens is 1. The van der Waals surface area contributed by atoms with Crippen LogP contribution in [0.3, 0.4) is 0 Å². The summed E-state index contributed by atoms with van der Waals surface area (Å²) in [6.07, 6.45) is 0. The Morgan fingerprint density at radius 2 is 1.64 bits per heavy atom. The summed E-state index contributed by atoms with van der Waals surface area (Å²) in [6.45, 7) is 4.52. The molecule has 2 aromatic rings. The van der Waals surface area contributed by atoms with Crippen molar-refractivity contribution >= 4 is 11.8 Å². The molecule has 2 rings (SSSR count). The predicted molar refractivity (Wildman–Crippen MR) is 104 cm³/mol. The Hall–Kier alpha value is -3.09. The Morgan fingerprint density at radius 3 is 2.25 bits per heavy atom. The number of nitrogens with one attached hydrogen (secondary N) is 1. The van der Waals surface area contributed by atoms with Crippen molar-refractivity contribution in [2.45, 2.75) is 20.4 Å². The molecule has 7 heteroatoms. The number of hydrogen-bond acceptors (Lipinski definition) is 4. The summed E-state index contributed by atoms with van der Waals surface area (Å²) in [6, 6.07) is 13.0. The molecule has 0 saturated carbocycles. The van der Waals surface area contributed by atoms with E-state index in [1.165, 1.54) is 17.0 Å². The number of benzene rings is 2. The molecule has 28 heavy (non-hydrogen) atoms. The van der Waals surface area contributed by atoms with E-state index in [2.05, 4.69) is 5.32 Å². The third kappa shape index (κ3) is 6.57. The fraction of sp³-hybridized carbons (Fsp3) is 0.333. The summed E-state index contributed by atoms with van der Waals surface area (Å²) in [4.78, 5) is 25.9. The van der Waals surface area contributed by atoms with E-state index in [0.717, 1.165) is 5.56 Å². The zero-order valence-corrected chi connectivity index (χ0v) is 16.1. The van der Waals surface area contributed by atoms with Crippen LogP contribution in [0.4, 0.5) is 4.39 Å². The molecule has 0 aliphatic carbocycles. The van der Waals surface area contributed by atoms with Crippen molar-refractivity contribution in [3.8, 4) is 11.5 Å². The normalized spacial score (nSPS) is 10.2. The third-order valence-corrected chi connectivity index (χ3v) is 3.97. The maximum Gasteiger partial charge on any atom is 0.260 e. The van der Waals surface area contributed by atoms with E-state index in [-0.39, 0.29) is 37.3 Å². The lowest BCUT2D eigenvalue weighted by Crippen LogP contribution is -2.42. The van der Waals surface area contributed by atoms with Gasteiger partial charge in [0.15, 0.2) is 18.1 Å². The number of carbonyl (C=O) groups excluding carboxylic acids is 2. The minimum Gasteiger partial charge on any atom is -0.490 e. The van der Waals surface area contributed by atoms with Gasteiger partial charge in [-0.1, -0.05) is 24.3 Å². The third-order valence-electron chi connectivity index (χ3n) is 3.97. The standard InChI is InChI=1S/C21H25FN2O4/c1-3-24(14-20(25)23-13-16-9-11-17(22)12-10-16)21(26)15-28-19-8-6-5-7-18(19)27-4-2/h5-12H,3-4,13-15H2,1-2H3,(H,23,25). The van der Waals surface area contributed by atoms with Crippen molar-refractivity contribution in [2.24, 2.45) is 0 Å². The molecule has 150 valence electrons. The van der Waals surface area contributed by atoms with Gasteiger partial charge >= 0.3 is 0 Å². The topological polar surface area (TPSA) is 67.9 Å². The molecule has 0 saturated heterocycles. The minimum absolute atomic E-state index is 0.0764. The van der Waals surface area contributed by atoms with Gasteiger partial charge in [-0.25, -0.2) is 4.39 Å². The predicted octanol–water partition coefficient (Wildman–Crippen LogP) is 2.77. The molecule has 0 aromatic heterocycles. The van der Waals surface area contributed by atoms with Crippen LogP contribution < -0.4 is 14.8 Å². The first kappa shape index (κ1) is 21.2. The summed E-state index contributed by atoms with van der Waals surface area (Å²) in [5.41, 5.74) is 0.778. The van der Waals surface area contributed by atoms with Gasteiger partial charge in [-0.2, -0.15) is 0 Å². The number of carbonyl (C=O) groups is 2. The average molecular weight is 388 g/mol. The number of rotatable bonds is 10. The number of nitrogens with zero attached hydrogens (tertiary/aromatic N) is 1. The van der Waals surface area contributed by atoms with Gasteiger partial charge in [0.25, 0.3) is 5.91 Å². The van der Waals surface area contributed by atoms with Crippen LogP contribution in [0.15, 0.2) is 48.5 Å². The second-order valence-electron chi connectivity index (χ2n) is 5.98. The molecule has 0 fully saturated rings. The number of amides is 2. The molecule has 2 amide bonds. The lowest BCUT2D eigenvalue weighted by atomic mass is 10.2. The highest BCUT2D eigenvalue weighted by atomic mass is 19.1. The fourth-order valence-electron chi connectivity index (χ4n) is 2.48. The molecular weight excluding hydrogens is 363 g/mol. The van der Waals surface area contributed by atoms with Crippen LogP contribution in [-0.2, 0) is 16.1 Å². The minimum atomic E-state index is -0.330. The summed E-state index contributed by atoms with van der Waals surface area (Å²) in [7, 11) is 0. The van der Waals surface area contributed by atoms with Crippen molar-refractivity contribution in [1.29, 1.82) is 0 Å². The lowest BCUT2D eigenvalue weighted by molar-refractivity contribution is -0.137. The van der Waals surface area contributed by atoms with Crippen LogP contribution in [0.5, 0.6) is 11.5 Å². The average Bonchev–Trinajstić information content (AvgIpc) is 2.71. The molecule has 0 radical (unpaired) electrons. The van der Waals surface area contributed by atoms with Gasteiger partial charge in [-0.05, 0) is 43.7 Å². The molecular formula is C21H25FN2O4. The van der Waals surface area contributed by atoms with Gasteiger partial charge in [0.05, 0.1) is 13.2 Å². The molecule has 0 heterocycles. The molecule has 1 N–H and O–H groups in total. The van der Waals surface area contributed by atoms with E-state index in [4.69, 9.17) is 9.47 Å². The lowest BCUT2D eigenvalue weighted by Gasteiger charge is -2.21. The molecule has 2 aromatic carbocycles. The van der Waals surface area contributed by atoms with Crippen molar-refractivity contribution in [3.63, 3.8) is 0 Å². The Kier molecular flexibility index (Phi) is 8.27. The van der Waals surface area contributed by atoms with E-state index in [1.807, 2.05) is 13.0 Å². The molecule has 0 spiro atoms. The van der Waals surface area contributed by atoms with Gasteiger partial charge in [0, 0.05) is 13.1 Å². The highest BCUT2D eigenvalue weighted by Crippen LogP contribution is 2.26. The van der Waals surface area contributed by atoms with Crippen molar-refractivity contribution in [2.75, 3.05) is 26.3 Å². The number of para-hydroxylation sites is 2. The Morgan fingerprint density at radius 1 is 1.00 bits per heavy atom. The molecule has 0 atom stereocenters. The van der Waals surface area contributed by atoms with Crippen LogP contribution in [0.2, 0.25) is 0 Å². The number of hydrogen-bond donors (Lipinski definition) is 1. The van der Waals surface area contributed by atoms with Crippen LogP contribution in [0.1, 0.15) is 19.4 Å².